The largest absolute Gasteiger partial charge is 0.492 e. The van der Waals surface area contributed by atoms with Crippen molar-refractivity contribution in [1.29, 1.82) is 0 Å². The minimum absolute atomic E-state index is 0.342. The second-order valence-electron chi connectivity index (χ2n) is 8.01. The normalized spacial score (nSPS) is 18.1. The van der Waals surface area contributed by atoms with Gasteiger partial charge in [-0.1, -0.05) is 11.3 Å². The molecule has 0 saturated carbocycles. The second-order valence-corrected chi connectivity index (χ2v) is 9.00. The molecule has 162 valence electrons. The van der Waals surface area contributed by atoms with Crippen LogP contribution < -0.4 is 9.47 Å². The quantitative estimate of drug-likeness (QED) is 0.556. The number of pyridine rings is 1. The number of ether oxygens (including phenoxy) is 2. The first-order chi connectivity index (χ1) is 15.2. The van der Waals surface area contributed by atoms with Gasteiger partial charge in [0.05, 0.1) is 10.2 Å². The highest BCUT2D eigenvalue weighted by molar-refractivity contribution is 7.20. The molecule has 2 fully saturated rings. The third-order valence-electron chi connectivity index (χ3n) is 5.98. The maximum atomic E-state index is 11.9. The van der Waals surface area contributed by atoms with Gasteiger partial charge in [0.1, 0.15) is 18.1 Å². The number of benzene rings is 1. The highest BCUT2D eigenvalue weighted by Crippen LogP contribution is 2.31. The van der Waals surface area contributed by atoms with Crippen molar-refractivity contribution in [3.8, 4) is 16.7 Å². The molecule has 1 aromatic carbocycles. The van der Waals surface area contributed by atoms with Crippen molar-refractivity contribution < 1.29 is 14.3 Å². The lowest BCUT2D eigenvalue weighted by molar-refractivity contribution is -0.130. The zero-order valence-corrected chi connectivity index (χ0v) is 18.2. The molecule has 1 amide bonds. The number of carbonyl (C=O) groups excluding carboxylic acids is 1. The van der Waals surface area contributed by atoms with E-state index in [2.05, 4.69) is 19.8 Å². The van der Waals surface area contributed by atoms with E-state index in [1.165, 1.54) is 11.3 Å². The summed E-state index contributed by atoms with van der Waals surface area (Å²) in [5, 5.41) is 0.607. The fraction of sp³-hybridized carbons (Fsp3) is 0.435. The zero-order valence-electron chi connectivity index (χ0n) is 17.4. The first-order valence-corrected chi connectivity index (χ1v) is 11.7. The van der Waals surface area contributed by atoms with Crippen molar-refractivity contribution >= 4 is 27.5 Å². The molecule has 2 aliphatic rings. The van der Waals surface area contributed by atoms with E-state index in [4.69, 9.17) is 9.47 Å². The average Bonchev–Trinajstić information content (AvgIpc) is 3.41. The molecular weight excluding hydrogens is 412 g/mol. The number of nitrogens with zero attached hydrogens (tertiary/aromatic N) is 4. The maximum Gasteiger partial charge on any atom is 0.279 e. The van der Waals surface area contributed by atoms with E-state index in [1.807, 2.05) is 30.3 Å². The van der Waals surface area contributed by atoms with E-state index in [0.717, 1.165) is 73.6 Å². The molecule has 4 heterocycles. The summed E-state index contributed by atoms with van der Waals surface area (Å²) in [6, 6.07) is 9.97. The van der Waals surface area contributed by atoms with Gasteiger partial charge in [-0.15, -0.1) is 0 Å². The average molecular weight is 439 g/mol. The number of carbonyl (C=O) groups is 1. The molecule has 2 aromatic heterocycles. The van der Waals surface area contributed by atoms with Crippen LogP contribution in [0.1, 0.15) is 25.7 Å². The lowest BCUT2D eigenvalue weighted by Crippen LogP contribution is -2.46. The van der Waals surface area contributed by atoms with Crippen LogP contribution in [0, 0.1) is 0 Å². The van der Waals surface area contributed by atoms with Crippen molar-refractivity contribution in [2.75, 3.05) is 32.8 Å². The van der Waals surface area contributed by atoms with E-state index in [1.54, 1.807) is 12.4 Å². The Morgan fingerprint density at radius 3 is 2.61 bits per heavy atom. The molecule has 0 radical (unpaired) electrons. The molecule has 5 rings (SSSR count). The minimum atomic E-state index is 0.342. The topological polar surface area (TPSA) is 67.8 Å². The monoisotopic (exact) mass is 438 g/mol. The highest BCUT2D eigenvalue weighted by atomic mass is 32.1. The molecule has 0 N–H and O–H groups in total. The van der Waals surface area contributed by atoms with E-state index < -0.39 is 0 Å². The van der Waals surface area contributed by atoms with Gasteiger partial charge >= 0.3 is 0 Å². The van der Waals surface area contributed by atoms with Crippen LogP contribution in [-0.4, -0.2) is 64.5 Å². The zero-order chi connectivity index (χ0) is 21.0. The van der Waals surface area contributed by atoms with Gasteiger partial charge in [0.2, 0.25) is 5.91 Å². The number of aromatic nitrogens is 2. The lowest BCUT2D eigenvalue weighted by atomic mass is 10.0. The number of rotatable bonds is 7. The number of amides is 1. The Morgan fingerprint density at radius 2 is 1.87 bits per heavy atom. The summed E-state index contributed by atoms with van der Waals surface area (Å²) in [7, 11) is 0. The molecule has 0 unspecified atom stereocenters. The van der Waals surface area contributed by atoms with Crippen LogP contribution in [0.4, 0.5) is 0 Å². The standard InChI is InChI=1S/C23H26N4O3S/c28-22-2-1-11-27(22)17-8-12-26(13-9-17)14-15-29-18-3-5-19(6-4-18)30-23-25-20-7-10-24-16-21(20)31-23/h3-7,10,16-17H,1-2,8-9,11-15H2. The summed E-state index contributed by atoms with van der Waals surface area (Å²) in [4.78, 5) is 25.0. The smallest absolute Gasteiger partial charge is 0.279 e. The minimum Gasteiger partial charge on any atom is -0.492 e. The molecule has 0 spiro atoms. The molecule has 2 aliphatic heterocycles. The Labute approximate surface area is 185 Å². The van der Waals surface area contributed by atoms with Gasteiger partial charge in [0.25, 0.3) is 5.19 Å². The Bertz CT molecular complexity index is 998. The molecule has 7 nitrogen and oxygen atoms in total. The first-order valence-electron chi connectivity index (χ1n) is 10.9. The second kappa shape index (κ2) is 9.20. The first kappa shape index (κ1) is 20.2. The summed E-state index contributed by atoms with van der Waals surface area (Å²) >= 11 is 1.48. The number of likely N-dealkylation sites (tertiary alicyclic amines) is 2. The fourth-order valence-electron chi connectivity index (χ4n) is 4.31. The van der Waals surface area contributed by atoms with Gasteiger partial charge in [-0.2, -0.15) is 0 Å². The fourth-order valence-corrected chi connectivity index (χ4v) is 5.11. The Kier molecular flexibility index (Phi) is 5.99. The number of hydrogen-bond acceptors (Lipinski definition) is 7. The number of fused-ring (bicyclic) bond motifs is 1. The van der Waals surface area contributed by atoms with Gasteiger partial charge < -0.3 is 14.4 Å². The van der Waals surface area contributed by atoms with Crippen LogP contribution >= 0.6 is 11.3 Å². The molecule has 2 saturated heterocycles. The number of hydrogen-bond donors (Lipinski definition) is 0. The third kappa shape index (κ3) is 4.80. The highest BCUT2D eigenvalue weighted by Gasteiger charge is 2.30. The summed E-state index contributed by atoms with van der Waals surface area (Å²) in [5.41, 5.74) is 0.894. The molecule has 8 heteroatoms. The van der Waals surface area contributed by atoms with Crippen molar-refractivity contribution in [2.45, 2.75) is 31.7 Å². The maximum absolute atomic E-state index is 11.9. The van der Waals surface area contributed by atoms with E-state index in [0.29, 0.717) is 23.7 Å². The molecule has 31 heavy (non-hydrogen) atoms. The van der Waals surface area contributed by atoms with Gasteiger partial charge in [-0.05, 0) is 49.6 Å². The van der Waals surface area contributed by atoms with Crippen LogP contribution in [0.3, 0.4) is 0 Å². The van der Waals surface area contributed by atoms with Crippen LogP contribution in [0.5, 0.6) is 16.7 Å². The van der Waals surface area contributed by atoms with Gasteiger partial charge in [0, 0.05) is 51.0 Å². The summed E-state index contributed by atoms with van der Waals surface area (Å²) in [6.07, 6.45) is 7.42. The van der Waals surface area contributed by atoms with Gasteiger partial charge in [-0.25, -0.2) is 4.98 Å². The van der Waals surface area contributed by atoms with Crippen LogP contribution in [-0.2, 0) is 4.79 Å². The van der Waals surface area contributed by atoms with Crippen molar-refractivity contribution in [1.82, 2.24) is 19.8 Å². The number of piperidine rings is 1. The molecule has 3 aromatic rings. The molecular formula is C23H26N4O3S. The number of thiazole rings is 1. The SMILES string of the molecule is O=C1CCCN1C1CCN(CCOc2ccc(Oc3nc4ccncc4s3)cc2)CC1. The Hall–Kier alpha value is -2.71. The molecule has 0 aliphatic carbocycles. The van der Waals surface area contributed by atoms with Crippen molar-refractivity contribution in [3.05, 3.63) is 42.7 Å². The van der Waals surface area contributed by atoms with Crippen LogP contribution in [0.25, 0.3) is 10.2 Å². The van der Waals surface area contributed by atoms with E-state index in [9.17, 15) is 4.79 Å². The summed E-state index contributed by atoms with van der Waals surface area (Å²) < 4.78 is 12.8. The van der Waals surface area contributed by atoms with Crippen LogP contribution in [0.15, 0.2) is 42.7 Å². The predicted octanol–water partition coefficient (Wildman–Crippen LogP) is 3.95. The van der Waals surface area contributed by atoms with Crippen molar-refractivity contribution in [2.24, 2.45) is 0 Å². The van der Waals surface area contributed by atoms with Crippen molar-refractivity contribution in [3.63, 3.8) is 0 Å². The van der Waals surface area contributed by atoms with Crippen LogP contribution in [0.2, 0.25) is 0 Å². The summed E-state index contributed by atoms with van der Waals surface area (Å²) in [5.74, 6) is 1.91. The van der Waals surface area contributed by atoms with E-state index in [-0.39, 0.29) is 0 Å². The summed E-state index contributed by atoms with van der Waals surface area (Å²) in [6.45, 7) is 4.56. The molecule has 0 atom stereocenters. The molecule has 0 bridgehead atoms. The van der Waals surface area contributed by atoms with E-state index >= 15 is 0 Å². The lowest BCUT2D eigenvalue weighted by Gasteiger charge is -2.36. The Balaban J connectivity index is 1.06. The third-order valence-corrected chi connectivity index (χ3v) is 6.87. The predicted molar refractivity (Wildman–Crippen MR) is 120 cm³/mol. The Morgan fingerprint density at radius 1 is 1.06 bits per heavy atom. The van der Waals surface area contributed by atoms with Gasteiger partial charge in [-0.3, -0.25) is 14.7 Å². The van der Waals surface area contributed by atoms with Gasteiger partial charge in [0.15, 0.2) is 0 Å².